The molecule has 7 nitrogen and oxygen atoms in total. The summed E-state index contributed by atoms with van der Waals surface area (Å²) in [6.45, 7) is 1.74. The number of nitrogens with two attached hydrogens (primary N) is 1. The van der Waals surface area contributed by atoms with E-state index in [1.54, 1.807) is 13.0 Å². The molecule has 2 rings (SSSR count). The van der Waals surface area contributed by atoms with Crippen LogP contribution in [0.3, 0.4) is 0 Å². The summed E-state index contributed by atoms with van der Waals surface area (Å²) < 4.78 is 25.6. The third kappa shape index (κ3) is 3.85. The summed E-state index contributed by atoms with van der Waals surface area (Å²) >= 11 is 0. The normalized spacial score (nSPS) is 16.3. The van der Waals surface area contributed by atoms with Gasteiger partial charge in [-0.2, -0.15) is 0 Å². The summed E-state index contributed by atoms with van der Waals surface area (Å²) in [7, 11) is -2.26. The van der Waals surface area contributed by atoms with Crippen molar-refractivity contribution in [3.05, 3.63) is 18.2 Å². The smallest absolute Gasteiger partial charge is 0.242 e. The van der Waals surface area contributed by atoms with E-state index >= 15 is 0 Å². The molecule has 1 fully saturated rings. The third-order valence-electron chi connectivity index (χ3n) is 3.27. The predicted octanol–water partition coefficient (Wildman–Crippen LogP) is 0.256. The molecule has 1 saturated carbocycles. The topological polar surface area (TPSA) is 113 Å². The molecule has 1 amide bonds. The molecule has 21 heavy (non-hydrogen) atoms. The lowest BCUT2D eigenvalue weighted by atomic mass is 10.2. The van der Waals surface area contributed by atoms with Crippen LogP contribution in [0.5, 0.6) is 0 Å². The Labute approximate surface area is 124 Å². The van der Waals surface area contributed by atoms with Gasteiger partial charge in [0.1, 0.15) is 10.9 Å². The van der Waals surface area contributed by atoms with Gasteiger partial charge in [-0.15, -0.1) is 0 Å². The fraction of sp³-hybridized carbons (Fsp3) is 0.462. The Morgan fingerprint density at radius 3 is 2.57 bits per heavy atom. The van der Waals surface area contributed by atoms with Gasteiger partial charge in [-0.3, -0.25) is 4.79 Å². The molecule has 0 aliphatic heterocycles. The SMILES string of the molecule is CNS(=O)(=O)c1ccc(NC(C)C(=O)NC2CC2)cc1N. The zero-order chi connectivity index (χ0) is 15.6. The number of sulfonamides is 1. The Hall–Kier alpha value is -1.80. The molecule has 8 heteroatoms. The summed E-state index contributed by atoms with van der Waals surface area (Å²) in [5.74, 6) is -0.0806. The standard InChI is InChI=1S/C13H20N4O3S/c1-8(13(18)17-9-3-4-9)16-10-5-6-12(11(14)7-10)21(19,20)15-2/h5-9,15-16H,3-4,14H2,1-2H3,(H,17,18). The van der Waals surface area contributed by atoms with Gasteiger partial charge in [-0.25, -0.2) is 13.1 Å². The first-order valence-electron chi connectivity index (χ1n) is 6.73. The van der Waals surface area contributed by atoms with Crippen LogP contribution in [0.15, 0.2) is 23.1 Å². The minimum Gasteiger partial charge on any atom is -0.398 e. The fourth-order valence-corrected chi connectivity index (χ4v) is 2.70. The van der Waals surface area contributed by atoms with Crippen LogP contribution in [0, 0.1) is 0 Å². The second-order valence-corrected chi connectivity index (χ2v) is 6.96. The van der Waals surface area contributed by atoms with E-state index in [9.17, 15) is 13.2 Å². The largest absolute Gasteiger partial charge is 0.398 e. The molecule has 0 saturated heterocycles. The van der Waals surface area contributed by atoms with Gasteiger partial charge in [0.2, 0.25) is 15.9 Å². The van der Waals surface area contributed by atoms with Crippen LogP contribution >= 0.6 is 0 Å². The molecule has 1 aliphatic rings. The van der Waals surface area contributed by atoms with Crippen molar-refractivity contribution in [2.24, 2.45) is 0 Å². The van der Waals surface area contributed by atoms with Gasteiger partial charge < -0.3 is 16.4 Å². The minimum atomic E-state index is -3.58. The van der Waals surface area contributed by atoms with Crippen molar-refractivity contribution < 1.29 is 13.2 Å². The Kier molecular flexibility index (Phi) is 4.38. The van der Waals surface area contributed by atoms with Crippen LogP contribution in [-0.4, -0.2) is 33.5 Å². The number of anilines is 2. The molecule has 1 unspecified atom stereocenters. The molecule has 1 aliphatic carbocycles. The van der Waals surface area contributed by atoms with Crippen molar-refractivity contribution in [1.29, 1.82) is 0 Å². The van der Waals surface area contributed by atoms with Gasteiger partial charge in [-0.1, -0.05) is 0 Å². The molecular weight excluding hydrogens is 292 g/mol. The molecular formula is C13H20N4O3S. The zero-order valence-electron chi connectivity index (χ0n) is 12.0. The molecule has 0 bridgehead atoms. The molecule has 1 aromatic rings. The van der Waals surface area contributed by atoms with Crippen molar-refractivity contribution in [1.82, 2.24) is 10.0 Å². The van der Waals surface area contributed by atoms with Crippen LogP contribution in [0.1, 0.15) is 19.8 Å². The zero-order valence-corrected chi connectivity index (χ0v) is 12.8. The van der Waals surface area contributed by atoms with Gasteiger partial charge >= 0.3 is 0 Å². The second kappa shape index (κ2) is 5.90. The van der Waals surface area contributed by atoms with Gasteiger partial charge in [0, 0.05) is 11.7 Å². The summed E-state index contributed by atoms with van der Waals surface area (Å²) in [6.07, 6.45) is 2.06. The van der Waals surface area contributed by atoms with E-state index in [4.69, 9.17) is 5.73 Å². The number of amides is 1. The first-order chi connectivity index (χ1) is 9.83. The van der Waals surface area contributed by atoms with E-state index in [-0.39, 0.29) is 16.5 Å². The van der Waals surface area contributed by atoms with Crippen molar-refractivity contribution in [3.8, 4) is 0 Å². The van der Waals surface area contributed by atoms with Crippen molar-refractivity contribution in [3.63, 3.8) is 0 Å². The molecule has 0 heterocycles. The lowest BCUT2D eigenvalue weighted by molar-refractivity contribution is -0.121. The number of nitrogens with one attached hydrogen (secondary N) is 3. The molecule has 0 radical (unpaired) electrons. The minimum absolute atomic E-state index is 0.0191. The lowest BCUT2D eigenvalue weighted by Gasteiger charge is -2.16. The van der Waals surface area contributed by atoms with Gasteiger partial charge in [0.15, 0.2) is 0 Å². The summed E-state index contributed by atoms with van der Waals surface area (Å²) in [5.41, 5.74) is 6.49. The van der Waals surface area contributed by atoms with Crippen LogP contribution in [0.25, 0.3) is 0 Å². The molecule has 1 atom stereocenters. The maximum atomic E-state index is 11.8. The number of carbonyl (C=O) groups is 1. The monoisotopic (exact) mass is 312 g/mol. The van der Waals surface area contributed by atoms with Crippen LogP contribution in [0.4, 0.5) is 11.4 Å². The number of carbonyl (C=O) groups excluding carboxylic acids is 1. The molecule has 116 valence electrons. The number of hydrogen-bond donors (Lipinski definition) is 4. The number of nitrogen functional groups attached to an aromatic ring is 1. The Morgan fingerprint density at radius 1 is 1.38 bits per heavy atom. The second-order valence-electron chi connectivity index (χ2n) is 5.11. The lowest BCUT2D eigenvalue weighted by Crippen LogP contribution is -2.38. The Morgan fingerprint density at radius 2 is 2.05 bits per heavy atom. The Balaban J connectivity index is 2.07. The predicted molar refractivity (Wildman–Crippen MR) is 81.3 cm³/mol. The van der Waals surface area contributed by atoms with Crippen molar-refractivity contribution >= 4 is 27.3 Å². The van der Waals surface area contributed by atoms with Crippen LogP contribution in [0.2, 0.25) is 0 Å². The quantitative estimate of drug-likeness (QED) is 0.563. The van der Waals surface area contributed by atoms with E-state index in [0.717, 1.165) is 12.8 Å². The third-order valence-corrected chi connectivity index (χ3v) is 4.76. The maximum absolute atomic E-state index is 11.8. The molecule has 0 aromatic heterocycles. The van der Waals surface area contributed by atoms with Crippen LogP contribution < -0.4 is 21.1 Å². The highest BCUT2D eigenvalue weighted by Crippen LogP contribution is 2.23. The summed E-state index contributed by atoms with van der Waals surface area (Å²) in [4.78, 5) is 11.9. The summed E-state index contributed by atoms with van der Waals surface area (Å²) in [6, 6.07) is 4.38. The van der Waals surface area contributed by atoms with E-state index in [2.05, 4.69) is 15.4 Å². The van der Waals surface area contributed by atoms with Crippen molar-refractivity contribution in [2.75, 3.05) is 18.1 Å². The summed E-state index contributed by atoms with van der Waals surface area (Å²) in [5, 5.41) is 5.90. The van der Waals surface area contributed by atoms with E-state index in [0.29, 0.717) is 11.7 Å². The van der Waals surface area contributed by atoms with E-state index < -0.39 is 16.1 Å². The molecule has 1 aromatic carbocycles. The van der Waals surface area contributed by atoms with Crippen LogP contribution in [-0.2, 0) is 14.8 Å². The van der Waals surface area contributed by atoms with Gasteiger partial charge in [0.25, 0.3) is 0 Å². The highest BCUT2D eigenvalue weighted by molar-refractivity contribution is 7.89. The molecule has 5 N–H and O–H groups in total. The first kappa shape index (κ1) is 15.6. The maximum Gasteiger partial charge on any atom is 0.242 e. The van der Waals surface area contributed by atoms with E-state index in [1.165, 1.54) is 19.2 Å². The highest BCUT2D eigenvalue weighted by Gasteiger charge is 2.25. The Bertz CT molecular complexity index is 641. The van der Waals surface area contributed by atoms with E-state index in [1.807, 2.05) is 0 Å². The van der Waals surface area contributed by atoms with Crippen molar-refractivity contribution in [2.45, 2.75) is 36.7 Å². The average molecular weight is 312 g/mol. The molecule has 0 spiro atoms. The first-order valence-corrected chi connectivity index (χ1v) is 8.22. The fourth-order valence-electron chi connectivity index (χ4n) is 1.86. The highest BCUT2D eigenvalue weighted by atomic mass is 32.2. The number of benzene rings is 1. The number of rotatable bonds is 6. The van der Waals surface area contributed by atoms with Gasteiger partial charge in [-0.05, 0) is 45.0 Å². The average Bonchev–Trinajstić information content (AvgIpc) is 3.22. The number of hydrogen-bond acceptors (Lipinski definition) is 5. The van der Waals surface area contributed by atoms with Gasteiger partial charge in [0.05, 0.1) is 5.69 Å².